The molecular weight excluding hydrogens is 202 g/mol. The van der Waals surface area contributed by atoms with Crippen LogP contribution in [-0.4, -0.2) is 50.3 Å². The lowest BCUT2D eigenvalue weighted by atomic mass is 10.3. The van der Waals surface area contributed by atoms with E-state index in [1.807, 2.05) is 0 Å². The van der Waals surface area contributed by atoms with Crippen LogP contribution in [0.15, 0.2) is 0 Å². The minimum absolute atomic E-state index is 0.00840. The Balaban J connectivity index is 2.86. The molecule has 0 aromatic rings. The van der Waals surface area contributed by atoms with Gasteiger partial charge in [-0.25, -0.2) is 4.79 Å². The molecule has 1 unspecified atom stereocenters. The van der Waals surface area contributed by atoms with E-state index >= 15 is 0 Å². The van der Waals surface area contributed by atoms with Crippen LogP contribution in [0.1, 0.15) is 0 Å². The second kappa shape index (κ2) is 3.48. The van der Waals surface area contributed by atoms with Gasteiger partial charge < -0.3 is 9.84 Å². The number of ether oxygens (including phenoxy) is 1. The molecule has 1 fully saturated rings. The van der Waals surface area contributed by atoms with Gasteiger partial charge in [0.15, 0.2) is 0 Å². The topological polar surface area (TPSA) is 93.1 Å². The highest BCUT2D eigenvalue weighted by atomic mass is 32.2. The van der Waals surface area contributed by atoms with Gasteiger partial charge in [0.25, 0.3) is 0 Å². The molecule has 0 spiro atoms. The number of methoxy groups -OCH3 is 1. The van der Waals surface area contributed by atoms with Crippen LogP contribution in [-0.2, 0) is 19.2 Å². The summed E-state index contributed by atoms with van der Waals surface area (Å²) in [6.07, 6.45) is -1.56. The molecule has 1 amide bonds. The first-order valence-corrected chi connectivity index (χ1v) is 4.76. The van der Waals surface area contributed by atoms with E-state index in [1.54, 1.807) is 0 Å². The molecule has 0 radical (unpaired) electrons. The Morgan fingerprint density at radius 2 is 2.38 bits per heavy atom. The van der Waals surface area contributed by atoms with Gasteiger partial charge in [-0.15, -0.1) is 0 Å². The molecule has 0 aliphatic carbocycles. The summed E-state index contributed by atoms with van der Waals surface area (Å²) in [5.41, 5.74) is 0. The lowest BCUT2D eigenvalue weighted by Gasteiger charge is -2.15. The molecule has 1 aliphatic rings. The highest BCUT2D eigenvalue weighted by Gasteiger charge is 2.42. The first-order chi connectivity index (χ1) is 5.99. The third kappa shape index (κ3) is 1.90. The maximum atomic E-state index is 11.0. The molecule has 1 atom stereocenters. The van der Waals surface area contributed by atoms with E-state index in [2.05, 4.69) is 8.92 Å². The summed E-state index contributed by atoms with van der Waals surface area (Å²) in [5, 5.41) is 8.56. The monoisotopic (exact) mass is 211 g/mol. The SMILES string of the molecule is COCC1COS(=O)(=O)N1C(=O)O. The average molecular weight is 211 g/mol. The van der Waals surface area contributed by atoms with E-state index in [4.69, 9.17) is 5.11 Å². The lowest BCUT2D eigenvalue weighted by Crippen LogP contribution is -2.40. The number of rotatable bonds is 2. The molecule has 0 aromatic heterocycles. The lowest BCUT2D eigenvalue weighted by molar-refractivity contribution is 0.118. The number of carboxylic acid groups (broad SMARTS) is 1. The fraction of sp³-hybridized carbons (Fsp3) is 0.800. The van der Waals surface area contributed by atoms with E-state index in [0.29, 0.717) is 0 Å². The van der Waals surface area contributed by atoms with Crippen LogP contribution in [0, 0.1) is 0 Å². The van der Waals surface area contributed by atoms with Gasteiger partial charge >= 0.3 is 16.4 Å². The molecule has 1 heterocycles. The summed E-state index contributed by atoms with van der Waals surface area (Å²) in [5.74, 6) is 0. The van der Waals surface area contributed by atoms with Crippen molar-refractivity contribution in [3.05, 3.63) is 0 Å². The first kappa shape index (κ1) is 10.2. The van der Waals surface area contributed by atoms with Gasteiger partial charge in [-0.05, 0) is 0 Å². The Bertz CT molecular complexity index is 298. The van der Waals surface area contributed by atoms with Gasteiger partial charge in [0.05, 0.1) is 13.2 Å². The Kier molecular flexibility index (Phi) is 2.74. The summed E-state index contributed by atoms with van der Waals surface area (Å²) in [6, 6.07) is -0.785. The van der Waals surface area contributed by atoms with Crippen LogP contribution in [0.2, 0.25) is 0 Å². The van der Waals surface area contributed by atoms with Crippen molar-refractivity contribution in [1.29, 1.82) is 0 Å². The molecule has 0 bridgehead atoms. The van der Waals surface area contributed by atoms with Crippen LogP contribution < -0.4 is 0 Å². The molecule has 1 rings (SSSR count). The van der Waals surface area contributed by atoms with Crippen molar-refractivity contribution in [2.45, 2.75) is 6.04 Å². The predicted octanol–water partition coefficient (Wildman–Crippen LogP) is -0.744. The molecule has 76 valence electrons. The maximum Gasteiger partial charge on any atom is 0.423 e. The van der Waals surface area contributed by atoms with Crippen molar-refractivity contribution in [1.82, 2.24) is 4.31 Å². The smallest absolute Gasteiger partial charge is 0.423 e. The van der Waals surface area contributed by atoms with E-state index in [9.17, 15) is 13.2 Å². The zero-order chi connectivity index (χ0) is 10.1. The van der Waals surface area contributed by atoms with Crippen molar-refractivity contribution in [2.24, 2.45) is 0 Å². The van der Waals surface area contributed by atoms with Crippen LogP contribution in [0.5, 0.6) is 0 Å². The molecule has 1 aliphatic heterocycles. The molecule has 1 N–H and O–H groups in total. The van der Waals surface area contributed by atoms with Crippen molar-refractivity contribution in [3.63, 3.8) is 0 Å². The van der Waals surface area contributed by atoms with E-state index in [-0.39, 0.29) is 17.5 Å². The molecule has 1 saturated heterocycles. The van der Waals surface area contributed by atoms with Crippen LogP contribution >= 0.6 is 0 Å². The van der Waals surface area contributed by atoms with E-state index in [1.165, 1.54) is 7.11 Å². The van der Waals surface area contributed by atoms with Crippen molar-refractivity contribution >= 4 is 16.4 Å². The van der Waals surface area contributed by atoms with Crippen LogP contribution in [0.25, 0.3) is 0 Å². The summed E-state index contributed by atoms with van der Waals surface area (Å²) in [4.78, 5) is 10.5. The minimum atomic E-state index is -4.10. The molecule has 0 aromatic carbocycles. The Morgan fingerprint density at radius 3 is 2.85 bits per heavy atom. The molecule has 0 saturated carbocycles. The zero-order valence-corrected chi connectivity index (χ0v) is 7.65. The molecule has 13 heavy (non-hydrogen) atoms. The normalized spacial score (nSPS) is 26.2. The van der Waals surface area contributed by atoms with Gasteiger partial charge in [-0.1, -0.05) is 0 Å². The zero-order valence-electron chi connectivity index (χ0n) is 6.84. The number of amides is 1. The summed E-state index contributed by atoms with van der Waals surface area (Å²) in [6.45, 7) is -0.200. The standard InChI is InChI=1S/C5H9NO6S/c1-11-2-4-3-12-13(9,10)6(4)5(7)8/h4H,2-3H2,1H3,(H,7,8). The third-order valence-electron chi connectivity index (χ3n) is 1.53. The number of hydrogen-bond acceptors (Lipinski definition) is 5. The average Bonchev–Trinajstić information content (AvgIpc) is 2.26. The highest BCUT2D eigenvalue weighted by Crippen LogP contribution is 2.18. The largest absolute Gasteiger partial charge is 0.464 e. The van der Waals surface area contributed by atoms with Crippen molar-refractivity contribution in [3.8, 4) is 0 Å². The number of carbonyl (C=O) groups is 1. The third-order valence-corrected chi connectivity index (χ3v) is 2.90. The number of hydrogen-bond donors (Lipinski definition) is 1. The summed E-state index contributed by atoms with van der Waals surface area (Å²) in [7, 11) is -2.75. The van der Waals surface area contributed by atoms with Gasteiger partial charge in [-0.3, -0.25) is 4.18 Å². The molecular formula is C5H9NO6S. The Labute approximate surface area is 75.1 Å². The summed E-state index contributed by atoms with van der Waals surface area (Å²) < 4.78 is 31.1. The fourth-order valence-corrected chi connectivity index (χ4v) is 2.15. The second-order valence-electron chi connectivity index (χ2n) is 2.43. The maximum absolute atomic E-state index is 11.0. The van der Waals surface area contributed by atoms with E-state index in [0.717, 1.165) is 0 Å². The number of nitrogens with zero attached hydrogens (tertiary/aromatic N) is 1. The first-order valence-electron chi connectivity index (χ1n) is 3.39. The van der Waals surface area contributed by atoms with Gasteiger partial charge in [-0.2, -0.15) is 12.7 Å². The highest BCUT2D eigenvalue weighted by molar-refractivity contribution is 7.85. The van der Waals surface area contributed by atoms with Gasteiger partial charge in [0, 0.05) is 7.11 Å². The second-order valence-corrected chi connectivity index (χ2v) is 3.91. The Morgan fingerprint density at radius 1 is 1.77 bits per heavy atom. The molecule has 8 heteroatoms. The van der Waals surface area contributed by atoms with E-state index < -0.39 is 22.4 Å². The summed E-state index contributed by atoms with van der Waals surface area (Å²) >= 11 is 0. The Hall–Kier alpha value is -0.860. The fourth-order valence-electron chi connectivity index (χ4n) is 1.03. The van der Waals surface area contributed by atoms with Crippen molar-refractivity contribution < 1.29 is 27.2 Å². The quantitative estimate of drug-likeness (QED) is 0.646. The van der Waals surface area contributed by atoms with Crippen LogP contribution in [0.4, 0.5) is 4.79 Å². The van der Waals surface area contributed by atoms with Gasteiger partial charge in [0.2, 0.25) is 0 Å². The van der Waals surface area contributed by atoms with Crippen LogP contribution in [0.3, 0.4) is 0 Å². The predicted molar refractivity (Wildman–Crippen MR) is 40.4 cm³/mol. The van der Waals surface area contributed by atoms with Crippen molar-refractivity contribution in [2.75, 3.05) is 20.3 Å². The minimum Gasteiger partial charge on any atom is -0.464 e. The van der Waals surface area contributed by atoms with Gasteiger partial charge in [0.1, 0.15) is 6.04 Å². The molecule has 7 nitrogen and oxygen atoms in total.